The second-order valence-corrected chi connectivity index (χ2v) is 13.3. The molecular weight excluding hydrogens is 737 g/mol. The highest BCUT2D eigenvalue weighted by molar-refractivity contribution is 7.80. The minimum atomic E-state index is -1.40. The van der Waals surface area contributed by atoms with Crippen LogP contribution in [0.5, 0.6) is 5.75 Å². The quantitative estimate of drug-likeness (QED) is 0.0170. The smallest absolute Gasteiger partial charge is 0.326 e. The van der Waals surface area contributed by atoms with E-state index in [9.17, 15) is 39.0 Å². The largest absolute Gasteiger partial charge is 0.508 e. The van der Waals surface area contributed by atoms with Crippen LogP contribution in [-0.2, 0) is 35.2 Å². The van der Waals surface area contributed by atoms with Crippen molar-refractivity contribution in [3.63, 3.8) is 0 Å². The Hall–Kier alpha value is -4.70. The van der Waals surface area contributed by atoms with Crippen molar-refractivity contribution in [2.24, 2.45) is 28.7 Å². The van der Waals surface area contributed by atoms with Crippen molar-refractivity contribution in [1.29, 1.82) is 5.41 Å². The van der Waals surface area contributed by atoms with E-state index in [-0.39, 0.29) is 69.1 Å². The highest BCUT2D eigenvalue weighted by Crippen LogP contribution is 2.12. The van der Waals surface area contributed by atoms with Gasteiger partial charge < -0.3 is 70.8 Å². The van der Waals surface area contributed by atoms with Gasteiger partial charge in [0, 0.05) is 18.7 Å². The van der Waals surface area contributed by atoms with E-state index < -0.39 is 71.8 Å². The number of carboxylic acid groups (broad SMARTS) is 1. The van der Waals surface area contributed by atoms with Crippen molar-refractivity contribution in [1.82, 2.24) is 31.9 Å². The maximum atomic E-state index is 13.8. The second kappa shape index (κ2) is 27.0. The third-order valence-electron chi connectivity index (χ3n) is 8.40. The molecule has 310 valence electrons. The number of nitrogens with two attached hydrogens (primary N) is 5. The lowest BCUT2D eigenvalue weighted by atomic mass is 10.0. The third-order valence-corrected chi connectivity index (χ3v) is 8.76. The number of carbonyl (C=O) groups excluding carboxylic acids is 5. The number of thiol groups is 1. The summed E-state index contributed by atoms with van der Waals surface area (Å²) in [6.07, 6.45) is 2.56. The molecule has 0 aliphatic heterocycles. The van der Waals surface area contributed by atoms with E-state index in [1.807, 2.05) is 0 Å². The molecule has 19 N–H and O–H groups in total. The molecule has 0 aliphatic rings. The number of rotatable bonds is 28. The van der Waals surface area contributed by atoms with Crippen LogP contribution in [0.4, 0.5) is 0 Å². The molecule has 0 spiro atoms. The fourth-order valence-corrected chi connectivity index (χ4v) is 5.52. The summed E-state index contributed by atoms with van der Waals surface area (Å²) in [5.74, 6) is -5.47. The van der Waals surface area contributed by atoms with Gasteiger partial charge in [0.25, 0.3) is 0 Å². The Balaban J connectivity index is 3.22. The Morgan fingerprint density at radius 1 is 0.636 bits per heavy atom. The number of aromatic hydroxyl groups is 1. The molecule has 0 aliphatic carbocycles. The lowest BCUT2D eigenvalue weighted by Gasteiger charge is -2.27. The van der Waals surface area contributed by atoms with Crippen molar-refractivity contribution in [2.75, 3.05) is 31.9 Å². The van der Waals surface area contributed by atoms with Gasteiger partial charge in [0.1, 0.15) is 36.0 Å². The number of benzene rings is 1. The Morgan fingerprint density at radius 3 is 1.51 bits per heavy atom. The first-order chi connectivity index (χ1) is 26.2. The molecule has 0 unspecified atom stereocenters. The van der Waals surface area contributed by atoms with E-state index in [1.54, 1.807) is 0 Å². The van der Waals surface area contributed by atoms with Gasteiger partial charge in [-0.25, -0.2) is 4.79 Å². The number of carbonyl (C=O) groups is 6. The fraction of sp³-hybridized carbons (Fsp3) is 0.618. The number of unbranched alkanes of at least 4 members (excludes halogenated alkanes) is 2. The van der Waals surface area contributed by atoms with E-state index in [0.29, 0.717) is 44.3 Å². The predicted molar refractivity (Wildman–Crippen MR) is 210 cm³/mol. The molecule has 0 saturated heterocycles. The van der Waals surface area contributed by atoms with Crippen LogP contribution in [-0.4, -0.2) is 120 Å². The fourth-order valence-electron chi connectivity index (χ4n) is 5.26. The molecular formula is C34H60N12O8S. The maximum Gasteiger partial charge on any atom is 0.326 e. The number of nitrogens with one attached hydrogen (secondary N) is 7. The Kier molecular flexibility index (Phi) is 23.7. The Bertz CT molecular complexity index is 1390. The molecule has 5 amide bonds. The van der Waals surface area contributed by atoms with Crippen LogP contribution in [0.3, 0.4) is 0 Å². The Labute approximate surface area is 326 Å². The average molecular weight is 797 g/mol. The van der Waals surface area contributed by atoms with Crippen LogP contribution in [0.25, 0.3) is 0 Å². The van der Waals surface area contributed by atoms with E-state index in [1.165, 1.54) is 24.3 Å². The third kappa shape index (κ3) is 19.5. The number of guanidine groups is 1. The van der Waals surface area contributed by atoms with Crippen LogP contribution in [0, 0.1) is 5.41 Å². The second-order valence-electron chi connectivity index (χ2n) is 12.9. The summed E-state index contributed by atoms with van der Waals surface area (Å²) in [5, 5.41) is 42.3. The van der Waals surface area contributed by atoms with Crippen LogP contribution < -0.4 is 60.6 Å². The van der Waals surface area contributed by atoms with Crippen LogP contribution in [0.15, 0.2) is 24.3 Å². The van der Waals surface area contributed by atoms with Crippen molar-refractivity contribution in [3.8, 4) is 5.75 Å². The molecule has 1 aromatic carbocycles. The van der Waals surface area contributed by atoms with Gasteiger partial charge in [-0.15, -0.1) is 0 Å². The molecule has 0 saturated carbocycles. The van der Waals surface area contributed by atoms with Gasteiger partial charge in [0.2, 0.25) is 29.5 Å². The van der Waals surface area contributed by atoms with Crippen molar-refractivity contribution < 1.29 is 39.0 Å². The van der Waals surface area contributed by atoms with Crippen molar-refractivity contribution in [3.05, 3.63) is 29.8 Å². The molecule has 0 bridgehead atoms. The number of amides is 5. The van der Waals surface area contributed by atoms with E-state index in [0.717, 1.165) is 0 Å². The van der Waals surface area contributed by atoms with Gasteiger partial charge in [0.05, 0.1) is 6.04 Å². The van der Waals surface area contributed by atoms with Crippen molar-refractivity contribution in [2.45, 2.75) is 100 Å². The van der Waals surface area contributed by atoms with Gasteiger partial charge in [-0.1, -0.05) is 12.1 Å². The number of hydrogen-bond acceptors (Lipinski definition) is 13. The molecule has 21 heteroatoms. The minimum absolute atomic E-state index is 0.00556. The number of hydrogen-bond donors (Lipinski definition) is 15. The zero-order chi connectivity index (χ0) is 41.3. The summed E-state index contributed by atoms with van der Waals surface area (Å²) in [7, 11) is 0. The standard InChI is InChI=1S/C34H60N12O8S/c35-14-3-1-6-23(42-28(48)22(38)13-16-37)31(51)46-27(19-55)32(52)44-24(7-2-4-15-36)29(49)43-25(8-5-17-41-34(39)40)30(50)45-26(33(53)54)18-20-9-11-21(47)12-10-20/h9-12,22-27,47,55H,1-8,13-19,35-38H2,(H,42,48)(H,43,49)(H,44,52)(H,45,50)(H,46,51)(H,53,54)(H4,39,40,41)/t22-,23-,24-,25-,26-,27-/m0/s1. The van der Waals surface area contributed by atoms with Gasteiger partial charge >= 0.3 is 5.97 Å². The maximum absolute atomic E-state index is 13.8. The summed E-state index contributed by atoms with van der Waals surface area (Å²) in [5.41, 5.74) is 28.5. The van der Waals surface area contributed by atoms with Gasteiger partial charge in [0.15, 0.2) is 5.96 Å². The molecule has 0 heterocycles. The monoisotopic (exact) mass is 796 g/mol. The number of carboxylic acids is 1. The lowest BCUT2D eigenvalue weighted by Crippen LogP contribution is -2.59. The zero-order valence-corrected chi connectivity index (χ0v) is 32.0. The van der Waals surface area contributed by atoms with Gasteiger partial charge in [-0.2, -0.15) is 12.6 Å². The summed E-state index contributed by atoms with van der Waals surface area (Å²) in [4.78, 5) is 78.9. The molecule has 0 aromatic heterocycles. The summed E-state index contributed by atoms with van der Waals surface area (Å²) >= 11 is 4.23. The number of phenolic OH excluding ortho intramolecular Hbond substituents is 1. The molecule has 0 fully saturated rings. The first-order valence-corrected chi connectivity index (χ1v) is 18.9. The van der Waals surface area contributed by atoms with Gasteiger partial charge in [-0.05, 0) is 95.1 Å². The predicted octanol–water partition coefficient (Wildman–Crippen LogP) is -3.43. The topological polar surface area (TPSA) is 369 Å². The van der Waals surface area contributed by atoms with Crippen LogP contribution in [0.1, 0.15) is 63.4 Å². The molecule has 20 nitrogen and oxygen atoms in total. The highest BCUT2D eigenvalue weighted by Gasteiger charge is 2.32. The van der Waals surface area contributed by atoms with Gasteiger partial charge in [-0.3, -0.25) is 29.4 Å². The number of phenols is 1. The minimum Gasteiger partial charge on any atom is -0.508 e. The molecule has 55 heavy (non-hydrogen) atoms. The van der Waals surface area contributed by atoms with E-state index in [2.05, 4.69) is 44.5 Å². The first kappa shape index (κ1) is 48.3. The SMILES string of the molecule is N=C(N)NCCC[C@H](NC(=O)[C@H](CCCCN)NC(=O)[C@H](CS)NC(=O)[C@H](CCCCN)NC(=O)[C@@H](N)CCN)C(=O)N[C@@H](Cc1ccc(O)cc1)C(=O)O. The van der Waals surface area contributed by atoms with Crippen molar-refractivity contribution >= 4 is 54.1 Å². The van der Waals surface area contributed by atoms with E-state index >= 15 is 0 Å². The lowest BCUT2D eigenvalue weighted by molar-refractivity contribution is -0.142. The molecule has 1 rings (SSSR count). The summed E-state index contributed by atoms with van der Waals surface area (Å²) in [6.45, 7) is 0.988. The van der Waals surface area contributed by atoms with Crippen LogP contribution in [0.2, 0.25) is 0 Å². The number of aliphatic carboxylic acids is 1. The zero-order valence-electron chi connectivity index (χ0n) is 31.1. The summed E-state index contributed by atoms with van der Waals surface area (Å²) < 4.78 is 0. The average Bonchev–Trinajstić information content (AvgIpc) is 3.14. The van der Waals surface area contributed by atoms with Crippen LogP contribution >= 0.6 is 12.6 Å². The molecule has 1 aromatic rings. The molecule has 0 radical (unpaired) electrons. The Morgan fingerprint density at radius 2 is 1.07 bits per heavy atom. The molecule has 6 atom stereocenters. The normalized spacial score (nSPS) is 14.2. The first-order valence-electron chi connectivity index (χ1n) is 18.2. The highest BCUT2D eigenvalue weighted by atomic mass is 32.1. The summed E-state index contributed by atoms with van der Waals surface area (Å²) in [6, 6.07) is -1.36. The van der Waals surface area contributed by atoms with E-state index in [4.69, 9.17) is 34.1 Å².